The average Bonchev–Trinajstić information content (AvgIpc) is 3.96. The molecule has 0 spiro atoms. The van der Waals surface area contributed by atoms with Crippen molar-refractivity contribution >= 4 is 57.1 Å². The number of amides is 1. The highest BCUT2D eigenvalue weighted by Gasteiger charge is 2.45. The van der Waals surface area contributed by atoms with Crippen LogP contribution in [0.2, 0.25) is 5.02 Å². The van der Waals surface area contributed by atoms with Crippen LogP contribution >= 0.6 is 34.3 Å². The molecule has 13 nitrogen and oxygen atoms in total. The van der Waals surface area contributed by atoms with Crippen LogP contribution in [0.4, 0.5) is 0 Å². The Morgan fingerprint density at radius 1 is 1.00 bits per heavy atom. The summed E-state index contributed by atoms with van der Waals surface area (Å²) < 4.78 is 17.3. The van der Waals surface area contributed by atoms with E-state index in [1.807, 2.05) is 29.9 Å². The third-order valence-electron chi connectivity index (χ3n) is 10.4. The molecule has 1 saturated carbocycles. The number of rotatable bonds is 17. The Hall–Kier alpha value is -4.48. The van der Waals surface area contributed by atoms with Gasteiger partial charge in [0.2, 0.25) is 11.2 Å². The van der Waals surface area contributed by atoms with Crippen molar-refractivity contribution in [1.82, 2.24) is 20.1 Å². The standard InChI is InChI=1S/C41H47ClN4O9S2/c1-45(26-8-10-27(11-9-26)55-40(51)41(52,35-6-4-18-56-35)36-7-5-19-57-36)16-17-46(2)38(50)24-54-34-21-33(53-3)25(20-30(34)42)22-43-23-32(48)28-12-14-31(47)39-29(28)13-15-37(49)44-39/h4-7,12-15,18-21,26-27,32,43,47-48,52H,8-11,16-17,22-24H2,1-3H3,(H,44,49). The zero-order valence-electron chi connectivity index (χ0n) is 31.9. The van der Waals surface area contributed by atoms with Gasteiger partial charge in [-0.1, -0.05) is 29.8 Å². The van der Waals surface area contributed by atoms with E-state index in [0.29, 0.717) is 75.3 Å². The number of thiophene rings is 2. The van der Waals surface area contributed by atoms with Crippen molar-refractivity contribution in [2.75, 3.05) is 47.4 Å². The molecule has 5 N–H and O–H groups in total. The molecule has 2 aromatic carbocycles. The molecule has 57 heavy (non-hydrogen) atoms. The van der Waals surface area contributed by atoms with Gasteiger partial charge >= 0.3 is 5.97 Å². The summed E-state index contributed by atoms with van der Waals surface area (Å²) in [5, 5.41) is 40.3. The van der Waals surface area contributed by atoms with Gasteiger partial charge in [0, 0.05) is 62.4 Å². The number of H-pyrrole nitrogens is 1. The van der Waals surface area contributed by atoms with Gasteiger partial charge in [0.15, 0.2) is 6.61 Å². The number of aromatic hydroxyl groups is 1. The van der Waals surface area contributed by atoms with E-state index in [4.69, 9.17) is 25.8 Å². The molecular weight excluding hydrogens is 792 g/mol. The van der Waals surface area contributed by atoms with E-state index in [1.54, 1.807) is 48.3 Å². The quantitative estimate of drug-likeness (QED) is 0.0759. The first kappa shape index (κ1) is 42.1. The van der Waals surface area contributed by atoms with Crippen molar-refractivity contribution in [3.8, 4) is 17.2 Å². The van der Waals surface area contributed by atoms with Crippen LogP contribution in [-0.2, 0) is 26.5 Å². The first-order valence-corrected chi connectivity index (χ1v) is 20.7. The van der Waals surface area contributed by atoms with E-state index in [-0.39, 0.29) is 48.0 Å². The number of hydrogen-bond acceptors (Lipinski definition) is 13. The molecule has 0 radical (unpaired) electrons. The van der Waals surface area contributed by atoms with Gasteiger partial charge in [0.1, 0.15) is 23.4 Å². The fourth-order valence-corrected chi connectivity index (χ4v) is 8.97. The Kier molecular flexibility index (Phi) is 13.9. The van der Waals surface area contributed by atoms with E-state index in [0.717, 1.165) is 12.8 Å². The largest absolute Gasteiger partial charge is 0.506 e. The predicted octanol–water partition coefficient (Wildman–Crippen LogP) is 5.40. The molecule has 1 aliphatic carbocycles. The molecule has 5 aromatic rings. The lowest BCUT2D eigenvalue weighted by atomic mass is 9.91. The molecule has 0 saturated heterocycles. The maximum Gasteiger partial charge on any atom is 0.349 e. The summed E-state index contributed by atoms with van der Waals surface area (Å²) in [6.45, 7) is 1.35. The Morgan fingerprint density at radius 3 is 2.35 bits per heavy atom. The molecule has 304 valence electrons. The predicted molar refractivity (Wildman–Crippen MR) is 220 cm³/mol. The number of nitrogens with zero attached hydrogens (tertiary/aromatic N) is 2. The number of esters is 1. The summed E-state index contributed by atoms with van der Waals surface area (Å²) in [6.07, 6.45) is 1.76. The fourth-order valence-electron chi connectivity index (χ4n) is 7.01. The molecular formula is C41H47ClN4O9S2. The van der Waals surface area contributed by atoms with Crippen molar-refractivity contribution in [1.29, 1.82) is 0 Å². The zero-order chi connectivity index (χ0) is 40.7. The average molecular weight is 839 g/mol. The van der Waals surface area contributed by atoms with Gasteiger partial charge < -0.3 is 49.6 Å². The van der Waals surface area contributed by atoms with Gasteiger partial charge in [-0.15, -0.1) is 22.7 Å². The summed E-state index contributed by atoms with van der Waals surface area (Å²) in [4.78, 5) is 45.7. The van der Waals surface area contributed by atoms with Crippen LogP contribution in [-0.4, -0.2) is 102 Å². The molecule has 3 heterocycles. The lowest BCUT2D eigenvalue weighted by molar-refractivity contribution is -0.169. The zero-order valence-corrected chi connectivity index (χ0v) is 34.3. The van der Waals surface area contributed by atoms with E-state index >= 15 is 0 Å². The maximum absolute atomic E-state index is 13.4. The molecule has 1 fully saturated rings. The highest BCUT2D eigenvalue weighted by molar-refractivity contribution is 7.12. The SMILES string of the molecule is COc1cc(OCC(=O)N(C)CCN(C)C2CCC(OC(=O)C(O)(c3cccs3)c3cccs3)CC2)c(Cl)cc1CNCC(O)c1ccc(O)c2[nH]c(=O)ccc12. The number of aromatic nitrogens is 1. The number of benzene rings is 2. The number of likely N-dealkylation sites (N-methyl/N-ethyl adjacent to an activating group) is 2. The van der Waals surface area contributed by atoms with Gasteiger partial charge in [0.05, 0.1) is 33.5 Å². The van der Waals surface area contributed by atoms with Gasteiger partial charge in [-0.3, -0.25) is 9.59 Å². The van der Waals surface area contributed by atoms with E-state index in [9.17, 15) is 29.7 Å². The summed E-state index contributed by atoms with van der Waals surface area (Å²) in [7, 11) is 5.27. The van der Waals surface area contributed by atoms with Crippen molar-refractivity contribution in [3.63, 3.8) is 0 Å². The number of nitrogens with one attached hydrogen (secondary N) is 2. The lowest BCUT2D eigenvalue weighted by Crippen LogP contribution is -2.44. The number of aromatic amines is 1. The van der Waals surface area contributed by atoms with Gasteiger partial charge in [-0.2, -0.15) is 0 Å². The first-order valence-electron chi connectivity index (χ1n) is 18.6. The number of fused-ring (bicyclic) bond motifs is 1. The number of phenolic OH excluding ortho intramolecular Hbond substituents is 1. The number of hydrogen-bond donors (Lipinski definition) is 5. The Balaban J connectivity index is 0.936. The Labute approximate surface area is 343 Å². The van der Waals surface area contributed by atoms with Crippen molar-refractivity contribution in [2.45, 2.75) is 56.1 Å². The van der Waals surface area contributed by atoms with Crippen LogP contribution in [0.15, 0.2) is 76.2 Å². The molecule has 3 aromatic heterocycles. The maximum atomic E-state index is 13.4. The first-order chi connectivity index (χ1) is 27.4. The number of carbonyl (C=O) groups is 2. The summed E-state index contributed by atoms with van der Waals surface area (Å²) in [5.74, 6) is -0.171. The third kappa shape index (κ3) is 9.80. The normalized spacial score (nSPS) is 16.4. The molecule has 1 amide bonds. The molecule has 1 atom stereocenters. The Morgan fingerprint density at radius 2 is 1.70 bits per heavy atom. The smallest absolute Gasteiger partial charge is 0.349 e. The van der Waals surface area contributed by atoms with Crippen LogP contribution in [0.25, 0.3) is 10.9 Å². The number of methoxy groups -OCH3 is 1. The second-order valence-electron chi connectivity index (χ2n) is 14.1. The number of ether oxygens (including phenoxy) is 3. The summed E-state index contributed by atoms with van der Waals surface area (Å²) >= 11 is 9.21. The minimum Gasteiger partial charge on any atom is -0.506 e. The number of aliphatic hydroxyl groups is 2. The number of carbonyl (C=O) groups excluding carboxylic acids is 2. The topological polar surface area (TPSA) is 174 Å². The van der Waals surface area contributed by atoms with E-state index < -0.39 is 17.7 Å². The number of halogens is 1. The van der Waals surface area contributed by atoms with Gasteiger partial charge in [-0.25, -0.2) is 4.79 Å². The monoisotopic (exact) mass is 838 g/mol. The minimum atomic E-state index is -1.82. The molecule has 0 bridgehead atoms. The molecule has 1 unspecified atom stereocenters. The van der Waals surface area contributed by atoms with Crippen LogP contribution in [0, 0.1) is 0 Å². The van der Waals surface area contributed by atoms with Gasteiger partial charge in [0.25, 0.3) is 5.91 Å². The van der Waals surface area contributed by atoms with Crippen LogP contribution in [0.1, 0.15) is 52.7 Å². The number of pyridine rings is 1. The van der Waals surface area contributed by atoms with Crippen molar-refractivity contribution < 1.29 is 39.1 Å². The summed E-state index contributed by atoms with van der Waals surface area (Å²) in [5.41, 5.74) is -0.671. The van der Waals surface area contributed by atoms with Crippen LogP contribution in [0.5, 0.6) is 17.2 Å². The molecule has 1 aliphatic rings. The lowest BCUT2D eigenvalue weighted by Gasteiger charge is -2.36. The third-order valence-corrected chi connectivity index (χ3v) is 12.7. The number of aliphatic hydroxyl groups excluding tert-OH is 1. The number of phenols is 1. The van der Waals surface area contributed by atoms with Crippen LogP contribution < -0.4 is 20.3 Å². The summed E-state index contributed by atoms with van der Waals surface area (Å²) in [6, 6.07) is 16.6. The highest BCUT2D eigenvalue weighted by Crippen LogP contribution is 2.38. The Bertz CT molecular complexity index is 2160. The van der Waals surface area contributed by atoms with E-state index in [1.165, 1.54) is 41.9 Å². The van der Waals surface area contributed by atoms with Crippen molar-refractivity contribution in [3.05, 3.63) is 108 Å². The second kappa shape index (κ2) is 18.9. The molecule has 16 heteroatoms. The van der Waals surface area contributed by atoms with Crippen molar-refractivity contribution in [2.24, 2.45) is 0 Å². The van der Waals surface area contributed by atoms with E-state index in [2.05, 4.69) is 15.2 Å². The fraction of sp³-hybridized carbons (Fsp3) is 0.390. The molecule has 6 rings (SSSR count). The molecule has 0 aliphatic heterocycles. The second-order valence-corrected chi connectivity index (χ2v) is 16.4. The minimum absolute atomic E-state index is 0.0848. The van der Waals surface area contributed by atoms with Gasteiger partial charge in [-0.05, 0) is 79.4 Å². The van der Waals surface area contributed by atoms with Crippen LogP contribution in [0.3, 0.4) is 0 Å². The highest BCUT2D eigenvalue weighted by atomic mass is 35.5.